The van der Waals surface area contributed by atoms with Crippen LogP contribution in [0.25, 0.3) is 0 Å². The summed E-state index contributed by atoms with van der Waals surface area (Å²) in [5, 5.41) is 9.68. The molecule has 1 rings (SSSR count). The molecule has 10 heteroatoms. The predicted molar refractivity (Wildman–Crippen MR) is 43.8 cm³/mol. The van der Waals surface area contributed by atoms with Crippen LogP contribution in [-0.2, 0) is 16.0 Å². The molecule has 1 aromatic heterocycles. The van der Waals surface area contributed by atoms with E-state index in [0.29, 0.717) is 0 Å². The summed E-state index contributed by atoms with van der Waals surface area (Å²) < 4.78 is 29.7. The van der Waals surface area contributed by atoms with Crippen molar-refractivity contribution < 1.29 is 13.0 Å². The summed E-state index contributed by atoms with van der Waals surface area (Å²) in [7, 11) is -4.10. The van der Waals surface area contributed by atoms with Gasteiger partial charge in [-0.15, -0.1) is 17.7 Å². The third kappa shape index (κ3) is 3.83. The van der Waals surface area contributed by atoms with Gasteiger partial charge in [0.25, 0.3) is 10.1 Å². The van der Waals surface area contributed by atoms with Crippen molar-refractivity contribution >= 4 is 52.3 Å². The van der Waals surface area contributed by atoms with Crippen LogP contribution in [-0.4, -0.2) is 62.7 Å². The van der Waals surface area contributed by atoms with Gasteiger partial charge in [0.05, 0.1) is 0 Å². The summed E-state index contributed by atoms with van der Waals surface area (Å²) in [6.07, 6.45) is 0. The molecular weight excluding hydrogens is 215 g/mol. The molecule has 12 heavy (non-hydrogen) atoms. The number of rotatable bonds is 2. The summed E-state index contributed by atoms with van der Waals surface area (Å²) in [5.41, 5.74) is 0. The van der Waals surface area contributed by atoms with Crippen LogP contribution in [0.1, 0.15) is 0 Å². The Morgan fingerprint density at radius 3 is 2.50 bits per heavy atom. The van der Waals surface area contributed by atoms with E-state index in [1.807, 2.05) is 0 Å². The van der Waals surface area contributed by atoms with Gasteiger partial charge in [0.1, 0.15) is 0 Å². The van der Waals surface area contributed by atoms with Crippen LogP contribution in [0.5, 0.6) is 0 Å². The van der Waals surface area contributed by atoms with Gasteiger partial charge in [0, 0.05) is 0 Å². The Morgan fingerprint density at radius 2 is 2.17 bits per heavy atom. The molecule has 0 fully saturated rings. The van der Waals surface area contributed by atoms with E-state index in [4.69, 9.17) is 4.55 Å². The standard InChI is InChI=1S/C2H4N4O3S2.Na.H/c7-11(8,9)1-6-2(10)3-4-5-6;;/h1H2,(H,3,5,10)(H,7,8,9);;. The molecule has 1 N–H and O–H groups in total. The zero-order valence-electron chi connectivity index (χ0n) is 5.12. The van der Waals surface area contributed by atoms with Crippen LogP contribution in [0, 0.1) is 0 Å². The van der Waals surface area contributed by atoms with Gasteiger partial charge in [0.2, 0.25) is 5.16 Å². The quantitative estimate of drug-likeness (QED) is 0.345. The van der Waals surface area contributed by atoms with Gasteiger partial charge in [-0.2, -0.15) is 8.42 Å². The average molecular weight is 220 g/mol. The van der Waals surface area contributed by atoms with E-state index in [9.17, 15) is 8.42 Å². The van der Waals surface area contributed by atoms with Gasteiger partial charge in [-0.05, 0) is 10.4 Å². The molecule has 0 bridgehead atoms. The SMILES string of the molecule is O=S(=O)(O)Cn1nnnc1S.[NaH]. The molecule has 0 spiro atoms. The molecule has 0 unspecified atom stereocenters. The Labute approximate surface area is 96.0 Å². The predicted octanol–water partition coefficient (Wildman–Crippen LogP) is -1.84. The van der Waals surface area contributed by atoms with Crippen LogP contribution in [0.15, 0.2) is 5.16 Å². The second-order valence-corrected chi connectivity index (χ2v) is 3.51. The zero-order valence-corrected chi connectivity index (χ0v) is 6.83. The molecule has 0 amide bonds. The van der Waals surface area contributed by atoms with Gasteiger partial charge in [0.15, 0.2) is 5.88 Å². The molecular formula is C2H5N4NaO3S2. The Bertz CT molecular complexity index is 347. The molecule has 0 aliphatic rings. The number of nitrogens with zero attached hydrogens (tertiary/aromatic N) is 4. The molecule has 0 aliphatic heterocycles. The van der Waals surface area contributed by atoms with Crippen molar-refractivity contribution in [2.24, 2.45) is 0 Å². The van der Waals surface area contributed by atoms with E-state index >= 15 is 0 Å². The second-order valence-electron chi connectivity index (χ2n) is 1.69. The first kappa shape index (κ1) is 12.3. The van der Waals surface area contributed by atoms with E-state index in [2.05, 4.69) is 28.2 Å². The molecule has 1 heterocycles. The fourth-order valence-corrected chi connectivity index (χ4v) is 1.17. The fraction of sp³-hybridized carbons (Fsp3) is 0.500. The van der Waals surface area contributed by atoms with Gasteiger partial charge >= 0.3 is 29.6 Å². The fourth-order valence-electron chi connectivity index (χ4n) is 0.438. The maximum absolute atomic E-state index is 10.3. The average Bonchev–Trinajstić information content (AvgIpc) is 2.12. The van der Waals surface area contributed by atoms with Crippen molar-refractivity contribution in [1.82, 2.24) is 20.2 Å². The molecule has 7 nitrogen and oxygen atoms in total. The minimum atomic E-state index is -4.10. The molecule has 0 aliphatic carbocycles. The maximum atomic E-state index is 10.3. The summed E-state index contributed by atoms with van der Waals surface area (Å²) in [6.45, 7) is 0. The van der Waals surface area contributed by atoms with Gasteiger partial charge in [-0.1, -0.05) is 0 Å². The van der Waals surface area contributed by atoms with E-state index in [-0.39, 0.29) is 34.7 Å². The number of aromatic nitrogens is 4. The molecule has 0 radical (unpaired) electrons. The molecule has 64 valence electrons. The van der Waals surface area contributed by atoms with E-state index < -0.39 is 16.0 Å². The van der Waals surface area contributed by atoms with Gasteiger partial charge in [-0.3, -0.25) is 4.55 Å². The van der Waals surface area contributed by atoms with Crippen molar-refractivity contribution in [3.05, 3.63) is 0 Å². The first-order valence-electron chi connectivity index (χ1n) is 2.39. The topological polar surface area (TPSA) is 98.0 Å². The summed E-state index contributed by atoms with van der Waals surface area (Å²) in [6, 6.07) is 0. The minimum absolute atomic E-state index is 0. The molecule has 1 aromatic rings. The zero-order chi connectivity index (χ0) is 8.48. The summed E-state index contributed by atoms with van der Waals surface area (Å²) >= 11 is 3.71. The van der Waals surface area contributed by atoms with E-state index in [0.717, 1.165) is 4.68 Å². The molecule has 0 saturated carbocycles. The van der Waals surface area contributed by atoms with Gasteiger partial charge < -0.3 is 0 Å². The van der Waals surface area contributed by atoms with Crippen LogP contribution in [0.4, 0.5) is 0 Å². The van der Waals surface area contributed by atoms with Crippen LogP contribution < -0.4 is 0 Å². The Hall–Kier alpha value is 0.330. The summed E-state index contributed by atoms with van der Waals surface area (Å²) in [5.74, 6) is -0.682. The molecule has 0 saturated heterocycles. The number of hydrogen-bond acceptors (Lipinski definition) is 6. The van der Waals surface area contributed by atoms with E-state index in [1.54, 1.807) is 0 Å². The monoisotopic (exact) mass is 220 g/mol. The van der Waals surface area contributed by atoms with Gasteiger partial charge in [-0.25, -0.2) is 4.68 Å². The van der Waals surface area contributed by atoms with Crippen molar-refractivity contribution in [3.63, 3.8) is 0 Å². The Balaban J connectivity index is 0.00000121. The van der Waals surface area contributed by atoms with Crippen molar-refractivity contribution in [2.75, 3.05) is 0 Å². The van der Waals surface area contributed by atoms with Crippen molar-refractivity contribution in [2.45, 2.75) is 11.0 Å². The number of tetrazole rings is 1. The molecule has 0 atom stereocenters. The Kier molecular flexibility index (Phi) is 4.66. The van der Waals surface area contributed by atoms with Crippen molar-refractivity contribution in [3.8, 4) is 0 Å². The third-order valence-corrected chi connectivity index (χ3v) is 1.69. The number of hydrogen-bond donors (Lipinski definition) is 2. The third-order valence-electron chi connectivity index (χ3n) is 0.798. The van der Waals surface area contributed by atoms with E-state index in [1.165, 1.54) is 0 Å². The summed E-state index contributed by atoms with van der Waals surface area (Å²) in [4.78, 5) is 0. The Morgan fingerprint density at radius 1 is 1.58 bits per heavy atom. The van der Waals surface area contributed by atoms with Crippen LogP contribution in [0.3, 0.4) is 0 Å². The van der Waals surface area contributed by atoms with Crippen molar-refractivity contribution in [1.29, 1.82) is 0 Å². The molecule has 0 aromatic carbocycles. The second kappa shape index (κ2) is 4.53. The van der Waals surface area contributed by atoms with Crippen LogP contribution in [0.2, 0.25) is 0 Å². The van der Waals surface area contributed by atoms with Crippen LogP contribution >= 0.6 is 12.6 Å². The first-order chi connectivity index (χ1) is 4.99. The normalized spacial score (nSPS) is 10.8. The first-order valence-corrected chi connectivity index (χ1v) is 4.45. The number of thiol groups is 1.